The molecule has 4 rings (SSSR count). The predicted molar refractivity (Wildman–Crippen MR) is 149 cm³/mol. The lowest BCUT2D eigenvalue weighted by Gasteiger charge is -2.54. The summed E-state index contributed by atoms with van der Waals surface area (Å²) in [6, 6.07) is 14.9. The van der Waals surface area contributed by atoms with E-state index in [1.165, 1.54) is 40.6 Å². The maximum atomic E-state index is 13.2. The summed E-state index contributed by atoms with van der Waals surface area (Å²) >= 11 is 2.56. The van der Waals surface area contributed by atoms with Crippen LogP contribution >= 0.6 is 23.5 Å². The molecule has 1 saturated heterocycles. The van der Waals surface area contributed by atoms with E-state index in [9.17, 15) is 34.7 Å². The Morgan fingerprint density at radius 2 is 1.87 bits per heavy atom. The van der Waals surface area contributed by atoms with E-state index >= 15 is 0 Å². The molecule has 1 amide bonds. The van der Waals surface area contributed by atoms with Crippen molar-refractivity contribution in [2.24, 2.45) is 5.92 Å². The van der Waals surface area contributed by atoms with Gasteiger partial charge in [0.15, 0.2) is 11.5 Å². The number of carbonyl (C=O) groups excluding carboxylic acids is 2. The minimum Gasteiger partial charge on any atom is -0.477 e. The number of fused-ring (bicyclic) bond motifs is 1. The molecule has 2 heterocycles. The van der Waals surface area contributed by atoms with E-state index in [4.69, 9.17) is 0 Å². The summed E-state index contributed by atoms with van der Waals surface area (Å²) in [6.07, 6.45) is -0.429. The average molecular weight is 572 g/mol. The smallest absolute Gasteiger partial charge is 0.354 e. The molecule has 3 atom stereocenters. The number of ketones is 1. The molecular formula is C27H29N3O7S2. The number of aliphatic hydroxyl groups excluding tert-OH is 1. The highest BCUT2D eigenvalue weighted by Crippen LogP contribution is 2.62. The Morgan fingerprint density at radius 3 is 2.46 bits per heavy atom. The van der Waals surface area contributed by atoms with E-state index in [-0.39, 0.29) is 30.1 Å². The van der Waals surface area contributed by atoms with E-state index < -0.39 is 33.7 Å². The zero-order chi connectivity index (χ0) is 28.3. The summed E-state index contributed by atoms with van der Waals surface area (Å²) < 4.78 is 0.464. The number of likely N-dealkylation sites (N-methyl/N-ethyl adjacent to an activating group) is 1. The van der Waals surface area contributed by atoms with Gasteiger partial charge in [-0.15, -0.1) is 11.8 Å². The van der Waals surface area contributed by atoms with Crippen LogP contribution in [0.5, 0.6) is 0 Å². The molecule has 0 radical (unpaired) electrons. The minimum atomic E-state index is -1.24. The van der Waals surface area contributed by atoms with Gasteiger partial charge >= 0.3 is 5.97 Å². The maximum absolute atomic E-state index is 13.2. The highest BCUT2D eigenvalue weighted by molar-refractivity contribution is 8.23. The molecule has 0 aliphatic carbocycles. The number of nitrogens with zero attached hydrogens (tertiary/aromatic N) is 3. The molecule has 12 heteroatoms. The van der Waals surface area contributed by atoms with Crippen LogP contribution in [0.2, 0.25) is 0 Å². The third-order valence-electron chi connectivity index (χ3n) is 6.86. The number of Topliss-reactive ketones (excluding diaryl/α,β-unsaturated/α-hetero) is 1. The summed E-state index contributed by atoms with van der Waals surface area (Å²) in [5, 5.41) is 31.9. The summed E-state index contributed by atoms with van der Waals surface area (Å²) in [5.41, 5.74) is 1.13. The lowest BCUT2D eigenvalue weighted by atomic mass is 9.77. The van der Waals surface area contributed by atoms with Gasteiger partial charge in [-0.1, -0.05) is 61.2 Å². The van der Waals surface area contributed by atoms with Crippen LogP contribution in [-0.2, 0) is 16.0 Å². The van der Waals surface area contributed by atoms with Crippen LogP contribution in [0.15, 0.2) is 64.5 Å². The predicted octanol–water partition coefficient (Wildman–Crippen LogP) is 3.61. The van der Waals surface area contributed by atoms with E-state index in [1.807, 2.05) is 18.0 Å². The molecule has 2 aliphatic heterocycles. The van der Waals surface area contributed by atoms with Crippen molar-refractivity contribution in [3.8, 4) is 0 Å². The van der Waals surface area contributed by atoms with Crippen LogP contribution in [0, 0.1) is 16.0 Å². The van der Waals surface area contributed by atoms with Gasteiger partial charge in [0, 0.05) is 36.4 Å². The molecule has 2 N–H and O–H groups in total. The molecule has 0 spiro atoms. The van der Waals surface area contributed by atoms with Crippen LogP contribution in [0.1, 0.15) is 29.3 Å². The number of hydrogen-bond donors (Lipinski definition) is 2. The minimum absolute atomic E-state index is 0.0167. The van der Waals surface area contributed by atoms with Crippen LogP contribution in [0.25, 0.3) is 0 Å². The quantitative estimate of drug-likeness (QED) is 0.158. The van der Waals surface area contributed by atoms with Crippen LogP contribution in [-0.4, -0.2) is 79.5 Å². The second kappa shape index (κ2) is 11.9. The number of benzene rings is 2. The van der Waals surface area contributed by atoms with Crippen molar-refractivity contribution < 1.29 is 29.5 Å². The fourth-order valence-corrected chi connectivity index (χ4v) is 8.18. The lowest BCUT2D eigenvalue weighted by molar-refractivity contribution is -0.384. The van der Waals surface area contributed by atoms with Gasteiger partial charge in [0.25, 0.3) is 5.69 Å². The van der Waals surface area contributed by atoms with Crippen molar-refractivity contribution in [1.82, 2.24) is 9.80 Å². The summed E-state index contributed by atoms with van der Waals surface area (Å²) in [6.45, 7) is 2.47. The SMILES string of the molecule is CC[C@H](O)[C@@H]1C(=O)N2C(C(=O)O)=C(SCCN(C)CC(=O)c3ccccc3)S[C@]12Cc1ccc([N+](=O)[O-])cc1. The molecule has 0 aromatic heterocycles. The number of carboxylic acid groups (broad SMARTS) is 1. The number of thioether (sulfide) groups is 2. The Kier molecular flexibility index (Phi) is 8.80. The Morgan fingerprint density at radius 1 is 1.21 bits per heavy atom. The fourth-order valence-electron chi connectivity index (χ4n) is 4.87. The Hall–Kier alpha value is -3.19. The van der Waals surface area contributed by atoms with Crippen LogP contribution < -0.4 is 0 Å². The van der Waals surface area contributed by atoms with Gasteiger partial charge in [0.05, 0.1) is 27.7 Å². The normalized spacial score (nSPS) is 21.1. The Labute approximate surface area is 234 Å². The Balaban J connectivity index is 1.51. The summed E-state index contributed by atoms with van der Waals surface area (Å²) in [5.74, 6) is -2.04. The lowest BCUT2D eigenvalue weighted by Crippen LogP contribution is -2.71. The van der Waals surface area contributed by atoms with E-state index in [0.29, 0.717) is 34.1 Å². The third-order valence-corrected chi connectivity index (χ3v) is 9.62. The van der Waals surface area contributed by atoms with Gasteiger partial charge in [-0.2, -0.15) is 0 Å². The number of aliphatic hydroxyl groups is 1. The standard InChI is InChI=1S/C27H29N3O7S2/c1-3-20(31)22-24(33)29-23(25(34)35)26(38-14-13-28(2)16-21(32)18-7-5-4-6-8-18)39-27(22,29)15-17-9-11-19(12-10-17)30(36)37/h4-12,20,22,31H,3,13-16H2,1-2H3,(H,34,35)/t20-,22+,27+/m0/s1. The number of carbonyl (C=O) groups is 3. The molecule has 2 aromatic carbocycles. The van der Waals surface area contributed by atoms with Crippen molar-refractivity contribution in [3.63, 3.8) is 0 Å². The topological polar surface area (TPSA) is 141 Å². The van der Waals surface area contributed by atoms with Crippen molar-refractivity contribution in [2.75, 3.05) is 25.9 Å². The molecule has 10 nitrogen and oxygen atoms in total. The van der Waals surface area contributed by atoms with E-state index in [1.54, 1.807) is 43.3 Å². The average Bonchev–Trinajstić information content (AvgIpc) is 3.19. The second-order valence-electron chi connectivity index (χ2n) is 9.49. The molecule has 2 aromatic rings. The van der Waals surface area contributed by atoms with Gasteiger partial charge in [0.2, 0.25) is 5.91 Å². The molecule has 1 fully saturated rings. The number of aliphatic carboxylic acids is 1. The first-order chi connectivity index (χ1) is 18.6. The number of non-ortho nitro benzene ring substituents is 1. The molecule has 39 heavy (non-hydrogen) atoms. The number of nitro groups is 1. The third kappa shape index (κ3) is 5.74. The molecule has 2 aliphatic rings. The van der Waals surface area contributed by atoms with Gasteiger partial charge in [-0.3, -0.25) is 29.5 Å². The number of carboxylic acids is 1. The summed E-state index contributed by atoms with van der Waals surface area (Å²) in [4.78, 5) is 50.7. The molecular weight excluding hydrogens is 542 g/mol. The van der Waals surface area contributed by atoms with Crippen molar-refractivity contribution in [2.45, 2.75) is 30.7 Å². The van der Waals surface area contributed by atoms with Gasteiger partial charge in [-0.05, 0) is 19.0 Å². The molecule has 0 bridgehead atoms. The number of β-lactam (4-membered cyclic amide) rings is 1. The van der Waals surface area contributed by atoms with Gasteiger partial charge in [0.1, 0.15) is 4.87 Å². The molecule has 0 saturated carbocycles. The zero-order valence-corrected chi connectivity index (χ0v) is 23.1. The van der Waals surface area contributed by atoms with Crippen molar-refractivity contribution in [3.05, 3.63) is 85.8 Å². The van der Waals surface area contributed by atoms with Gasteiger partial charge in [-0.25, -0.2) is 4.79 Å². The Bertz CT molecular complexity index is 1300. The van der Waals surface area contributed by atoms with Crippen molar-refractivity contribution >= 4 is 46.9 Å². The second-order valence-corrected chi connectivity index (χ2v) is 12.2. The number of nitro benzene ring substituents is 1. The van der Waals surface area contributed by atoms with Crippen LogP contribution in [0.4, 0.5) is 5.69 Å². The summed E-state index contributed by atoms with van der Waals surface area (Å²) in [7, 11) is 1.82. The zero-order valence-electron chi connectivity index (χ0n) is 21.5. The highest BCUT2D eigenvalue weighted by atomic mass is 32.2. The first kappa shape index (κ1) is 28.8. The first-order valence-electron chi connectivity index (χ1n) is 12.4. The first-order valence-corrected chi connectivity index (χ1v) is 14.2. The van der Waals surface area contributed by atoms with E-state index in [0.717, 1.165) is 0 Å². The maximum Gasteiger partial charge on any atom is 0.354 e. The van der Waals surface area contributed by atoms with Gasteiger partial charge < -0.3 is 10.2 Å². The van der Waals surface area contributed by atoms with Crippen molar-refractivity contribution in [1.29, 1.82) is 0 Å². The largest absolute Gasteiger partial charge is 0.477 e. The number of rotatable bonds is 13. The number of amides is 1. The fraction of sp³-hybridized carbons (Fsp3) is 0.370. The molecule has 0 unspecified atom stereocenters. The van der Waals surface area contributed by atoms with Crippen LogP contribution in [0.3, 0.4) is 0 Å². The molecule has 206 valence electrons. The van der Waals surface area contributed by atoms with E-state index in [2.05, 4.69) is 0 Å². The monoisotopic (exact) mass is 571 g/mol. The highest BCUT2D eigenvalue weighted by Gasteiger charge is 2.68. The number of hydrogen-bond acceptors (Lipinski definition) is 9.